The van der Waals surface area contributed by atoms with E-state index in [1.807, 2.05) is 35.0 Å². The molecule has 25 heavy (non-hydrogen) atoms. The van der Waals surface area contributed by atoms with Crippen LogP contribution in [0, 0.1) is 0 Å². The molecule has 3 aromatic heterocycles. The van der Waals surface area contributed by atoms with Crippen molar-refractivity contribution in [2.75, 3.05) is 13.6 Å². The number of pyridine rings is 1. The summed E-state index contributed by atoms with van der Waals surface area (Å²) in [5.41, 5.74) is 1.11. The summed E-state index contributed by atoms with van der Waals surface area (Å²) < 4.78 is 7.19. The molecule has 0 unspecified atom stereocenters. The number of halogens is 1. The Kier molecular flexibility index (Phi) is 7.45. The Labute approximate surface area is 163 Å². The first-order chi connectivity index (χ1) is 11.8. The Balaban J connectivity index is 0.00000225. The molecule has 132 valence electrons. The van der Waals surface area contributed by atoms with Crippen LogP contribution in [0.3, 0.4) is 0 Å². The third-order valence-corrected chi connectivity index (χ3v) is 3.51. The third-order valence-electron chi connectivity index (χ3n) is 3.51. The summed E-state index contributed by atoms with van der Waals surface area (Å²) >= 11 is 0. The molecule has 0 fully saturated rings. The summed E-state index contributed by atoms with van der Waals surface area (Å²) in [6, 6.07) is 7.85. The quantitative estimate of drug-likeness (QED) is 0.341. The summed E-state index contributed by atoms with van der Waals surface area (Å²) in [4.78, 5) is 12.6. The maximum absolute atomic E-state index is 5.31. The molecule has 7 nitrogen and oxygen atoms in total. The SMILES string of the molecule is CN=C(NCCc1ccco1)NCc1ccnc(-n2ccnc2)c1.I. The van der Waals surface area contributed by atoms with Gasteiger partial charge in [0.25, 0.3) is 0 Å². The van der Waals surface area contributed by atoms with E-state index in [4.69, 9.17) is 4.42 Å². The lowest BCUT2D eigenvalue weighted by Gasteiger charge is -2.12. The molecule has 8 heteroatoms. The summed E-state index contributed by atoms with van der Waals surface area (Å²) in [5.74, 6) is 2.55. The van der Waals surface area contributed by atoms with E-state index in [1.54, 1.807) is 32.0 Å². The van der Waals surface area contributed by atoms with Gasteiger partial charge in [-0.3, -0.25) is 9.56 Å². The van der Waals surface area contributed by atoms with Crippen molar-refractivity contribution < 1.29 is 4.42 Å². The first-order valence-electron chi connectivity index (χ1n) is 7.75. The molecule has 0 aliphatic heterocycles. The van der Waals surface area contributed by atoms with Crippen LogP contribution in [0.1, 0.15) is 11.3 Å². The molecule has 0 bridgehead atoms. The van der Waals surface area contributed by atoms with Gasteiger partial charge < -0.3 is 15.1 Å². The molecule has 2 N–H and O–H groups in total. The van der Waals surface area contributed by atoms with Crippen LogP contribution >= 0.6 is 24.0 Å². The number of aromatic nitrogens is 3. The van der Waals surface area contributed by atoms with Crippen molar-refractivity contribution in [3.05, 3.63) is 66.8 Å². The summed E-state index contributed by atoms with van der Waals surface area (Å²) in [5, 5.41) is 6.56. The topological polar surface area (TPSA) is 80.3 Å². The number of furan rings is 1. The lowest BCUT2D eigenvalue weighted by Crippen LogP contribution is -2.37. The van der Waals surface area contributed by atoms with Gasteiger partial charge in [-0.25, -0.2) is 9.97 Å². The number of imidazole rings is 1. The summed E-state index contributed by atoms with van der Waals surface area (Å²) in [7, 11) is 1.76. The van der Waals surface area contributed by atoms with E-state index in [1.165, 1.54) is 0 Å². The lowest BCUT2D eigenvalue weighted by atomic mass is 10.2. The fraction of sp³-hybridized carbons (Fsp3) is 0.235. The van der Waals surface area contributed by atoms with Gasteiger partial charge in [0.05, 0.1) is 6.26 Å². The minimum Gasteiger partial charge on any atom is -0.469 e. The van der Waals surface area contributed by atoms with E-state index < -0.39 is 0 Å². The number of rotatable bonds is 6. The van der Waals surface area contributed by atoms with Gasteiger partial charge in [-0.1, -0.05) is 0 Å². The number of nitrogens with zero attached hydrogens (tertiary/aromatic N) is 4. The fourth-order valence-corrected chi connectivity index (χ4v) is 2.27. The van der Waals surface area contributed by atoms with Gasteiger partial charge in [0.2, 0.25) is 0 Å². The van der Waals surface area contributed by atoms with Crippen molar-refractivity contribution in [3.8, 4) is 5.82 Å². The van der Waals surface area contributed by atoms with Gasteiger partial charge in [-0.15, -0.1) is 24.0 Å². The molecular formula is C17H21IN6O. The fourth-order valence-electron chi connectivity index (χ4n) is 2.27. The highest BCUT2D eigenvalue weighted by atomic mass is 127. The molecule has 0 spiro atoms. The van der Waals surface area contributed by atoms with E-state index in [0.717, 1.165) is 36.1 Å². The molecule has 3 aromatic rings. The predicted octanol–water partition coefficient (Wildman–Crippen LogP) is 2.39. The van der Waals surface area contributed by atoms with Gasteiger partial charge >= 0.3 is 0 Å². The predicted molar refractivity (Wildman–Crippen MR) is 107 cm³/mol. The zero-order chi connectivity index (χ0) is 16.6. The van der Waals surface area contributed by atoms with Crippen LogP contribution in [-0.2, 0) is 13.0 Å². The highest BCUT2D eigenvalue weighted by Gasteiger charge is 2.02. The molecule has 0 radical (unpaired) electrons. The van der Waals surface area contributed by atoms with Crippen molar-refractivity contribution in [2.24, 2.45) is 4.99 Å². The zero-order valence-electron chi connectivity index (χ0n) is 13.9. The minimum atomic E-state index is 0. The molecule has 3 heterocycles. The van der Waals surface area contributed by atoms with Crippen LogP contribution in [0.2, 0.25) is 0 Å². The van der Waals surface area contributed by atoms with E-state index in [9.17, 15) is 0 Å². The Morgan fingerprint density at radius 1 is 1.28 bits per heavy atom. The highest BCUT2D eigenvalue weighted by Crippen LogP contribution is 2.06. The first kappa shape index (κ1) is 19.0. The molecule has 0 aliphatic rings. The molecule has 3 rings (SSSR count). The summed E-state index contributed by atoms with van der Waals surface area (Å²) in [6.07, 6.45) is 9.62. The van der Waals surface area contributed by atoms with Crippen LogP contribution in [0.5, 0.6) is 0 Å². The van der Waals surface area contributed by atoms with E-state index in [-0.39, 0.29) is 24.0 Å². The number of aliphatic imine (C=N–C) groups is 1. The van der Waals surface area contributed by atoms with Gasteiger partial charge in [0.15, 0.2) is 5.96 Å². The third kappa shape index (κ3) is 5.59. The van der Waals surface area contributed by atoms with Gasteiger partial charge in [-0.05, 0) is 29.8 Å². The smallest absolute Gasteiger partial charge is 0.191 e. The number of guanidine groups is 1. The Morgan fingerprint density at radius 3 is 2.92 bits per heavy atom. The average Bonchev–Trinajstić information content (AvgIpc) is 3.31. The van der Waals surface area contributed by atoms with Crippen LogP contribution in [0.15, 0.2) is 64.9 Å². The van der Waals surface area contributed by atoms with E-state index in [2.05, 4.69) is 25.6 Å². The van der Waals surface area contributed by atoms with Gasteiger partial charge in [-0.2, -0.15) is 0 Å². The first-order valence-corrected chi connectivity index (χ1v) is 7.75. The second kappa shape index (κ2) is 9.82. The van der Waals surface area contributed by atoms with Crippen molar-refractivity contribution in [3.63, 3.8) is 0 Å². The number of hydrogen-bond donors (Lipinski definition) is 2. The Hall–Kier alpha value is -2.36. The van der Waals surface area contributed by atoms with Crippen molar-refractivity contribution >= 4 is 29.9 Å². The van der Waals surface area contributed by atoms with Gasteiger partial charge in [0, 0.05) is 45.1 Å². The second-order valence-corrected chi connectivity index (χ2v) is 5.17. The Morgan fingerprint density at radius 2 is 2.20 bits per heavy atom. The largest absolute Gasteiger partial charge is 0.469 e. The number of hydrogen-bond acceptors (Lipinski definition) is 4. The molecule has 0 aliphatic carbocycles. The monoisotopic (exact) mass is 452 g/mol. The standard InChI is InChI=1S/C17H20N6O.HI/c1-18-17(21-7-5-15-3-2-10-24-15)22-12-14-4-6-20-16(11-14)23-9-8-19-13-23;/h2-4,6,8-11,13H,5,7,12H2,1H3,(H2,18,21,22);1H. The van der Waals surface area contributed by atoms with Crippen molar-refractivity contribution in [1.29, 1.82) is 0 Å². The molecule has 0 saturated heterocycles. The zero-order valence-corrected chi connectivity index (χ0v) is 16.3. The molecular weight excluding hydrogens is 431 g/mol. The second-order valence-electron chi connectivity index (χ2n) is 5.17. The van der Waals surface area contributed by atoms with Crippen LogP contribution in [0.25, 0.3) is 5.82 Å². The van der Waals surface area contributed by atoms with E-state index in [0.29, 0.717) is 6.54 Å². The van der Waals surface area contributed by atoms with E-state index >= 15 is 0 Å². The lowest BCUT2D eigenvalue weighted by molar-refractivity contribution is 0.507. The van der Waals surface area contributed by atoms with Crippen LogP contribution < -0.4 is 10.6 Å². The molecule has 0 atom stereocenters. The average molecular weight is 452 g/mol. The number of nitrogens with one attached hydrogen (secondary N) is 2. The molecule has 0 aromatic carbocycles. The van der Waals surface area contributed by atoms with Crippen molar-refractivity contribution in [1.82, 2.24) is 25.2 Å². The maximum atomic E-state index is 5.31. The maximum Gasteiger partial charge on any atom is 0.191 e. The highest BCUT2D eigenvalue weighted by molar-refractivity contribution is 14.0. The minimum absolute atomic E-state index is 0. The molecule has 0 saturated carbocycles. The summed E-state index contributed by atoms with van der Waals surface area (Å²) in [6.45, 7) is 1.41. The Bertz CT molecular complexity index is 770. The normalized spacial score (nSPS) is 11.0. The molecule has 0 amide bonds. The van der Waals surface area contributed by atoms with Crippen LogP contribution in [0.4, 0.5) is 0 Å². The van der Waals surface area contributed by atoms with Crippen LogP contribution in [-0.4, -0.2) is 34.1 Å². The van der Waals surface area contributed by atoms with Crippen molar-refractivity contribution in [2.45, 2.75) is 13.0 Å². The van der Waals surface area contributed by atoms with Gasteiger partial charge in [0.1, 0.15) is 17.9 Å².